The minimum absolute atomic E-state index is 0.251. The molecular weight excluding hydrogens is 316 g/mol. The zero-order valence-corrected chi connectivity index (χ0v) is 14.3. The summed E-state index contributed by atoms with van der Waals surface area (Å²) in [6.07, 6.45) is 0.710. The van der Waals surface area contributed by atoms with Crippen LogP contribution in [0.2, 0.25) is 0 Å². The van der Waals surface area contributed by atoms with Crippen LogP contribution in [0, 0.1) is 13.8 Å². The number of imide groups is 1. The van der Waals surface area contributed by atoms with Crippen molar-refractivity contribution in [2.45, 2.75) is 20.3 Å². The van der Waals surface area contributed by atoms with Crippen molar-refractivity contribution in [2.24, 2.45) is 0 Å². The third-order valence-corrected chi connectivity index (χ3v) is 4.40. The smallest absolute Gasteiger partial charge is 0.262 e. The lowest BCUT2D eigenvalue weighted by atomic mass is 10.0. The monoisotopic (exact) mass is 336 g/mol. The number of benzene rings is 2. The summed E-state index contributed by atoms with van der Waals surface area (Å²) in [6.45, 7) is 4.28. The van der Waals surface area contributed by atoms with E-state index in [1.54, 1.807) is 24.3 Å². The van der Waals surface area contributed by atoms with Crippen molar-refractivity contribution in [1.29, 1.82) is 0 Å². The number of nitrogens with one attached hydrogen (secondary N) is 1. The van der Waals surface area contributed by atoms with Crippen LogP contribution in [0.25, 0.3) is 0 Å². The molecule has 1 heterocycles. The normalized spacial score (nSPS) is 13.1. The van der Waals surface area contributed by atoms with Crippen LogP contribution in [-0.4, -0.2) is 35.7 Å². The number of nitrogens with zero attached hydrogens (tertiary/aromatic N) is 1. The fourth-order valence-corrected chi connectivity index (χ4v) is 2.99. The summed E-state index contributed by atoms with van der Waals surface area (Å²) in [5.41, 5.74) is 4.26. The molecule has 0 unspecified atom stereocenters. The fraction of sp³-hybridized carbons (Fsp3) is 0.250. The van der Waals surface area contributed by atoms with Gasteiger partial charge in [0.1, 0.15) is 6.54 Å². The van der Waals surface area contributed by atoms with E-state index in [-0.39, 0.29) is 12.5 Å². The second-order valence-electron chi connectivity index (χ2n) is 6.27. The predicted molar refractivity (Wildman–Crippen MR) is 94.4 cm³/mol. The third kappa shape index (κ3) is 3.45. The second kappa shape index (κ2) is 6.89. The molecule has 0 aromatic heterocycles. The van der Waals surface area contributed by atoms with Crippen molar-refractivity contribution in [3.8, 4) is 0 Å². The predicted octanol–water partition coefficient (Wildman–Crippen LogP) is 2.26. The number of amides is 3. The first-order valence-corrected chi connectivity index (χ1v) is 8.25. The Hall–Kier alpha value is -2.95. The minimum atomic E-state index is -0.412. The lowest BCUT2D eigenvalue weighted by Crippen LogP contribution is -2.40. The standard InChI is InChI=1S/C20H20N2O3/c1-13-7-8-14(2)15(11-13)9-10-21-18(23)12-22-19(24)16-5-3-4-6-17(16)20(22)25/h3-8,11H,9-10,12H2,1-2H3,(H,21,23). The second-order valence-corrected chi connectivity index (χ2v) is 6.27. The Morgan fingerprint density at radius 2 is 1.64 bits per heavy atom. The first-order chi connectivity index (χ1) is 12.0. The summed E-state index contributed by atoms with van der Waals surface area (Å²) in [5.74, 6) is -1.16. The van der Waals surface area contributed by atoms with E-state index in [9.17, 15) is 14.4 Å². The van der Waals surface area contributed by atoms with E-state index in [4.69, 9.17) is 0 Å². The third-order valence-electron chi connectivity index (χ3n) is 4.40. The topological polar surface area (TPSA) is 66.5 Å². The van der Waals surface area contributed by atoms with Gasteiger partial charge < -0.3 is 5.32 Å². The summed E-state index contributed by atoms with van der Waals surface area (Å²) < 4.78 is 0. The van der Waals surface area contributed by atoms with Gasteiger partial charge in [0, 0.05) is 6.54 Å². The maximum atomic E-state index is 12.2. The molecule has 25 heavy (non-hydrogen) atoms. The minimum Gasteiger partial charge on any atom is -0.354 e. The lowest BCUT2D eigenvalue weighted by Gasteiger charge is -2.14. The number of hydrogen-bond acceptors (Lipinski definition) is 3. The van der Waals surface area contributed by atoms with Crippen molar-refractivity contribution in [1.82, 2.24) is 10.2 Å². The molecule has 5 heteroatoms. The van der Waals surface area contributed by atoms with Gasteiger partial charge in [-0.1, -0.05) is 35.9 Å². The molecule has 1 aliphatic heterocycles. The number of carbonyl (C=O) groups is 3. The highest BCUT2D eigenvalue weighted by Gasteiger charge is 2.36. The first kappa shape index (κ1) is 16.9. The zero-order valence-electron chi connectivity index (χ0n) is 14.3. The van der Waals surface area contributed by atoms with Crippen LogP contribution < -0.4 is 5.32 Å². The van der Waals surface area contributed by atoms with Gasteiger partial charge in [-0.2, -0.15) is 0 Å². The van der Waals surface area contributed by atoms with E-state index in [1.165, 1.54) is 16.7 Å². The van der Waals surface area contributed by atoms with Gasteiger partial charge in [0.05, 0.1) is 11.1 Å². The Bertz CT molecular complexity index is 823. The summed E-state index contributed by atoms with van der Waals surface area (Å²) in [4.78, 5) is 37.6. The molecule has 0 radical (unpaired) electrons. The van der Waals surface area contributed by atoms with Crippen LogP contribution in [0.3, 0.4) is 0 Å². The molecular formula is C20H20N2O3. The Morgan fingerprint density at radius 1 is 1.00 bits per heavy atom. The quantitative estimate of drug-likeness (QED) is 0.852. The van der Waals surface area contributed by atoms with E-state index >= 15 is 0 Å². The molecule has 1 aliphatic rings. The van der Waals surface area contributed by atoms with Gasteiger partial charge in [-0.3, -0.25) is 19.3 Å². The van der Waals surface area contributed by atoms with Crippen LogP contribution in [0.5, 0.6) is 0 Å². The SMILES string of the molecule is Cc1ccc(C)c(CCNC(=O)CN2C(=O)c3ccccc3C2=O)c1. The van der Waals surface area contributed by atoms with Crippen LogP contribution in [0.15, 0.2) is 42.5 Å². The number of aryl methyl sites for hydroxylation is 2. The Morgan fingerprint density at radius 3 is 2.28 bits per heavy atom. The first-order valence-electron chi connectivity index (χ1n) is 8.25. The molecule has 2 aromatic rings. The van der Waals surface area contributed by atoms with Crippen molar-refractivity contribution in [2.75, 3.05) is 13.1 Å². The van der Waals surface area contributed by atoms with Gasteiger partial charge in [-0.25, -0.2) is 0 Å². The zero-order chi connectivity index (χ0) is 18.0. The van der Waals surface area contributed by atoms with E-state index < -0.39 is 11.8 Å². The van der Waals surface area contributed by atoms with Gasteiger partial charge in [-0.05, 0) is 43.5 Å². The Kier molecular flexibility index (Phi) is 4.65. The van der Waals surface area contributed by atoms with E-state index in [0.717, 1.165) is 4.90 Å². The molecule has 5 nitrogen and oxygen atoms in total. The molecule has 3 amide bonds. The number of fused-ring (bicyclic) bond motifs is 1. The number of rotatable bonds is 5. The van der Waals surface area contributed by atoms with Gasteiger partial charge >= 0.3 is 0 Å². The van der Waals surface area contributed by atoms with Crippen molar-refractivity contribution in [3.05, 3.63) is 70.3 Å². The Balaban J connectivity index is 1.56. The molecule has 0 bridgehead atoms. The van der Waals surface area contributed by atoms with Crippen molar-refractivity contribution in [3.63, 3.8) is 0 Å². The van der Waals surface area contributed by atoms with E-state index in [0.29, 0.717) is 24.1 Å². The average molecular weight is 336 g/mol. The molecule has 0 saturated carbocycles. The van der Waals surface area contributed by atoms with Gasteiger partial charge in [-0.15, -0.1) is 0 Å². The molecule has 128 valence electrons. The average Bonchev–Trinajstić information content (AvgIpc) is 2.83. The molecule has 0 saturated heterocycles. The molecule has 0 spiro atoms. The summed E-state index contributed by atoms with van der Waals surface area (Å²) in [6, 6.07) is 12.8. The van der Waals surface area contributed by atoms with Crippen molar-refractivity contribution < 1.29 is 14.4 Å². The summed E-state index contributed by atoms with van der Waals surface area (Å²) in [5, 5.41) is 2.79. The van der Waals surface area contributed by atoms with E-state index in [1.807, 2.05) is 13.8 Å². The van der Waals surface area contributed by atoms with Gasteiger partial charge in [0.2, 0.25) is 5.91 Å². The van der Waals surface area contributed by atoms with Crippen LogP contribution in [-0.2, 0) is 11.2 Å². The van der Waals surface area contributed by atoms with Gasteiger partial charge in [0.25, 0.3) is 11.8 Å². The highest BCUT2D eigenvalue weighted by molar-refractivity contribution is 6.22. The van der Waals surface area contributed by atoms with Gasteiger partial charge in [0.15, 0.2) is 0 Å². The maximum absolute atomic E-state index is 12.2. The molecule has 0 aliphatic carbocycles. The lowest BCUT2D eigenvalue weighted by molar-refractivity contribution is -0.121. The van der Waals surface area contributed by atoms with Crippen LogP contribution in [0.4, 0.5) is 0 Å². The molecule has 0 atom stereocenters. The van der Waals surface area contributed by atoms with Crippen LogP contribution in [0.1, 0.15) is 37.4 Å². The number of carbonyl (C=O) groups excluding carboxylic acids is 3. The van der Waals surface area contributed by atoms with E-state index in [2.05, 4.69) is 23.5 Å². The summed E-state index contributed by atoms with van der Waals surface area (Å²) in [7, 11) is 0. The highest BCUT2D eigenvalue weighted by Crippen LogP contribution is 2.21. The number of hydrogen-bond donors (Lipinski definition) is 1. The Labute approximate surface area is 146 Å². The molecule has 1 N–H and O–H groups in total. The molecule has 0 fully saturated rings. The van der Waals surface area contributed by atoms with Crippen LogP contribution >= 0.6 is 0 Å². The van der Waals surface area contributed by atoms with Crippen molar-refractivity contribution >= 4 is 17.7 Å². The largest absolute Gasteiger partial charge is 0.354 e. The summed E-state index contributed by atoms with van der Waals surface area (Å²) >= 11 is 0. The molecule has 2 aromatic carbocycles. The maximum Gasteiger partial charge on any atom is 0.262 e. The molecule has 3 rings (SSSR count). The fourth-order valence-electron chi connectivity index (χ4n) is 2.99. The highest BCUT2D eigenvalue weighted by atomic mass is 16.2.